The molecule has 2 N–H and O–H groups in total. The fourth-order valence-corrected chi connectivity index (χ4v) is 3.71. The van der Waals surface area contributed by atoms with Gasteiger partial charge in [0.05, 0.1) is 10.6 Å². The van der Waals surface area contributed by atoms with E-state index >= 15 is 0 Å². The highest BCUT2D eigenvalue weighted by atomic mass is 79.9. The quantitative estimate of drug-likeness (QED) is 0.838. The van der Waals surface area contributed by atoms with Gasteiger partial charge in [0.15, 0.2) is 0 Å². The van der Waals surface area contributed by atoms with E-state index in [1.807, 2.05) is 31.2 Å². The van der Waals surface area contributed by atoms with Crippen LogP contribution in [-0.2, 0) is 10.0 Å². The summed E-state index contributed by atoms with van der Waals surface area (Å²) in [5.41, 5.74) is 5.66. The van der Waals surface area contributed by atoms with Crippen molar-refractivity contribution in [1.29, 1.82) is 0 Å². The molecule has 0 fully saturated rings. The molecule has 1 aliphatic rings. The summed E-state index contributed by atoms with van der Waals surface area (Å²) in [6, 6.07) is 14.5. The Balaban J connectivity index is 1.69. The average molecular weight is 394 g/mol. The topological polar surface area (TPSA) is 70.6 Å². The van der Waals surface area contributed by atoms with E-state index in [-0.39, 0.29) is 4.90 Å². The van der Waals surface area contributed by atoms with Crippen molar-refractivity contribution in [1.82, 2.24) is 10.1 Å². The van der Waals surface area contributed by atoms with Gasteiger partial charge < -0.3 is 0 Å². The number of hydrazone groups is 1. The highest BCUT2D eigenvalue weighted by molar-refractivity contribution is 9.10. The number of nitrogens with zero attached hydrogens (tertiary/aromatic N) is 1. The normalized spacial score (nSPS) is 17.7. The van der Waals surface area contributed by atoms with E-state index in [1.54, 1.807) is 24.3 Å². The summed E-state index contributed by atoms with van der Waals surface area (Å²) in [4.78, 5) is 0.252. The molecule has 120 valence electrons. The minimum absolute atomic E-state index is 0.252. The Kier molecular flexibility index (Phi) is 4.52. The number of hydrogen-bond acceptors (Lipinski definition) is 4. The van der Waals surface area contributed by atoms with Crippen LogP contribution < -0.4 is 10.1 Å². The van der Waals surface area contributed by atoms with Crippen molar-refractivity contribution in [2.75, 3.05) is 0 Å². The van der Waals surface area contributed by atoms with Gasteiger partial charge in [-0.05, 0) is 36.8 Å². The maximum atomic E-state index is 12.4. The third-order valence-corrected chi connectivity index (χ3v) is 5.58. The van der Waals surface area contributed by atoms with Crippen molar-refractivity contribution in [2.24, 2.45) is 5.10 Å². The van der Waals surface area contributed by atoms with Gasteiger partial charge in [0.25, 0.3) is 0 Å². The summed E-state index contributed by atoms with van der Waals surface area (Å²) in [6.07, 6.45) is 0.0483. The number of nitrogens with one attached hydrogen (secondary N) is 2. The van der Waals surface area contributed by atoms with Gasteiger partial charge in [0.2, 0.25) is 10.0 Å². The minimum atomic E-state index is -3.57. The fraction of sp³-hybridized carbons (Fsp3) is 0.188. The first-order chi connectivity index (χ1) is 10.9. The minimum Gasteiger partial charge on any atom is -0.291 e. The van der Waals surface area contributed by atoms with Gasteiger partial charge in [-0.25, -0.2) is 8.42 Å². The summed E-state index contributed by atoms with van der Waals surface area (Å²) >= 11 is 3.39. The van der Waals surface area contributed by atoms with Gasteiger partial charge >= 0.3 is 0 Å². The maximum absolute atomic E-state index is 12.4. The van der Waals surface area contributed by atoms with Crippen molar-refractivity contribution in [3.05, 3.63) is 64.1 Å². The Hall–Kier alpha value is -1.70. The number of sulfonamides is 1. The van der Waals surface area contributed by atoms with Gasteiger partial charge in [-0.1, -0.05) is 45.8 Å². The van der Waals surface area contributed by atoms with E-state index in [4.69, 9.17) is 0 Å². The van der Waals surface area contributed by atoms with Crippen molar-refractivity contribution in [3.8, 4) is 0 Å². The van der Waals surface area contributed by atoms with Crippen LogP contribution in [0, 0.1) is 6.92 Å². The van der Waals surface area contributed by atoms with E-state index in [0.717, 1.165) is 21.3 Å². The molecular weight excluding hydrogens is 378 g/mol. The van der Waals surface area contributed by atoms with E-state index in [1.165, 1.54) is 0 Å². The zero-order valence-corrected chi connectivity index (χ0v) is 14.9. The first-order valence-corrected chi connectivity index (χ1v) is 9.39. The lowest BCUT2D eigenvalue weighted by molar-refractivity contribution is 0.521. The molecule has 1 atom stereocenters. The van der Waals surface area contributed by atoms with Gasteiger partial charge in [0.1, 0.15) is 6.17 Å². The van der Waals surface area contributed by atoms with Crippen LogP contribution in [-0.4, -0.2) is 20.3 Å². The molecule has 0 bridgehead atoms. The van der Waals surface area contributed by atoms with Crippen molar-refractivity contribution >= 4 is 31.7 Å². The molecule has 3 rings (SSSR count). The summed E-state index contributed by atoms with van der Waals surface area (Å²) in [5.74, 6) is 0. The molecule has 0 spiro atoms. The number of benzene rings is 2. The third-order valence-electron chi connectivity index (χ3n) is 3.56. The second-order valence-corrected chi connectivity index (χ2v) is 8.02. The molecule has 23 heavy (non-hydrogen) atoms. The van der Waals surface area contributed by atoms with Gasteiger partial charge in [-0.2, -0.15) is 9.82 Å². The molecule has 1 unspecified atom stereocenters. The van der Waals surface area contributed by atoms with Crippen LogP contribution in [0.4, 0.5) is 0 Å². The lowest BCUT2D eigenvalue weighted by Gasteiger charge is -2.13. The molecule has 2 aromatic rings. The zero-order chi connectivity index (χ0) is 16.4. The maximum Gasteiger partial charge on any atom is 0.242 e. The molecule has 0 saturated carbocycles. The van der Waals surface area contributed by atoms with E-state index in [9.17, 15) is 8.42 Å². The first kappa shape index (κ1) is 16.2. The predicted octanol–water partition coefficient (Wildman–Crippen LogP) is 2.76. The second-order valence-electron chi connectivity index (χ2n) is 5.39. The van der Waals surface area contributed by atoms with E-state index in [2.05, 4.69) is 31.2 Å². The summed E-state index contributed by atoms with van der Waals surface area (Å²) < 4.78 is 28.4. The molecule has 0 amide bonds. The van der Waals surface area contributed by atoms with Crippen molar-refractivity contribution in [3.63, 3.8) is 0 Å². The smallest absolute Gasteiger partial charge is 0.242 e. The number of hydrogen-bond donors (Lipinski definition) is 2. The fourth-order valence-electron chi connectivity index (χ4n) is 2.31. The Morgan fingerprint density at radius 2 is 1.78 bits per heavy atom. The van der Waals surface area contributed by atoms with E-state index < -0.39 is 16.2 Å². The number of aryl methyl sites for hydroxylation is 1. The molecule has 1 heterocycles. The monoisotopic (exact) mass is 393 g/mol. The van der Waals surface area contributed by atoms with Crippen LogP contribution >= 0.6 is 15.9 Å². The Labute approximate surface area is 144 Å². The van der Waals surface area contributed by atoms with Gasteiger partial charge in [0, 0.05) is 10.9 Å². The molecule has 0 aromatic heterocycles. The predicted molar refractivity (Wildman–Crippen MR) is 93.7 cm³/mol. The molecule has 0 saturated heterocycles. The van der Waals surface area contributed by atoms with Crippen LogP contribution in [0.25, 0.3) is 0 Å². The number of halogens is 1. The highest BCUT2D eigenvalue weighted by Gasteiger charge is 2.25. The SMILES string of the molecule is Cc1ccc(S(=O)(=O)NC2CC(c3ccc(Br)cc3)=NN2)cc1. The lowest BCUT2D eigenvalue weighted by atomic mass is 10.1. The molecule has 2 aromatic carbocycles. The van der Waals surface area contributed by atoms with Gasteiger partial charge in [-0.3, -0.25) is 5.43 Å². The Bertz CT molecular complexity index is 831. The highest BCUT2D eigenvalue weighted by Crippen LogP contribution is 2.17. The molecule has 1 aliphatic heterocycles. The first-order valence-electron chi connectivity index (χ1n) is 7.11. The Morgan fingerprint density at radius 1 is 1.13 bits per heavy atom. The Morgan fingerprint density at radius 3 is 2.43 bits per heavy atom. The standard InChI is InChI=1S/C16H16BrN3O2S/c1-11-2-8-14(9-3-11)23(21,22)20-16-10-15(18-19-16)12-4-6-13(17)7-5-12/h2-9,16,19-20H,10H2,1H3. The summed E-state index contributed by atoms with van der Waals surface area (Å²) in [6.45, 7) is 1.92. The number of rotatable bonds is 4. The molecular formula is C16H16BrN3O2S. The molecule has 0 aliphatic carbocycles. The molecule has 7 heteroatoms. The van der Waals surface area contributed by atoms with Gasteiger partial charge in [-0.15, -0.1) is 0 Å². The average Bonchev–Trinajstić information content (AvgIpc) is 2.96. The van der Waals surface area contributed by atoms with E-state index in [0.29, 0.717) is 6.42 Å². The van der Waals surface area contributed by atoms with Crippen LogP contribution in [0.3, 0.4) is 0 Å². The summed E-state index contributed by atoms with van der Waals surface area (Å²) in [7, 11) is -3.57. The molecule has 5 nitrogen and oxygen atoms in total. The lowest BCUT2D eigenvalue weighted by Crippen LogP contribution is -2.40. The third kappa shape index (κ3) is 3.80. The second kappa shape index (κ2) is 6.43. The van der Waals surface area contributed by atoms with Crippen LogP contribution in [0.1, 0.15) is 17.5 Å². The van der Waals surface area contributed by atoms with Crippen molar-refractivity contribution in [2.45, 2.75) is 24.4 Å². The van der Waals surface area contributed by atoms with Crippen molar-refractivity contribution < 1.29 is 8.42 Å². The largest absolute Gasteiger partial charge is 0.291 e. The molecule has 0 radical (unpaired) electrons. The van der Waals surface area contributed by atoms with Crippen LogP contribution in [0.15, 0.2) is 63.0 Å². The van der Waals surface area contributed by atoms with Crippen LogP contribution in [0.2, 0.25) is 0 Å². The van der Waals surface area contributed by atoms with Crippen LogP contribution in [0.5, 0.6) is 0 Å². The zero-order valence-electron chi connectivity index (χ0n) is 12.5. The summed E-state index contributed by atoms with van der Waals surface area (Å²) in [5, 5.41) is 4.23.